The minimum absolute atomic E-state index is 0.183. The van der Waals surface area contributed by atoms with E-state index in [2.05, 4.69) is 0 Å². The molecule has 2 nitrogen and oxygen atoms in total. The molecule has 0 spiro atoms. The molecule has 1 heterocycles. The summed E-state index contributed by atoms with van der Waals surface area (Å²) in [5.41, 5.74) is 7.00. The van der Waals surface area contributed by atoms with Gasteiger partial charge in [0.15, 0.2) is 0 Å². The third kappa shape index (κ3) is 3.09. The van der Waals surface area contributed by atoms with Crippen molar-refractivity contribution in [3.8, 4) is 0 Å². The number of benzene rings is 2. The molecule has 0 fully saturated rings. The third-order valence-corrected chi connectivity index (χ3v) is 4.20. The van der Waals surface area contributed by atoms with E-state index in [-0.39, 0.29) is 18.4 Å². The van der Waals surface area contributed by atoms with Crippen LogP contribution in [-0.4, -0.2) is 11.4 Å². The molecule has 0 aromatic heterocycles. The molecule has 1 aliphatic rings. The fourth-order valence-electron chi connectivity index (χ4n) is 3.04. The maximum Gasteiger partial charge on any atom is 0.416 e. The largest absolute Gasteiger partial charge is 0.416 e. The molecule has 0 aliphatic carbocycles. The highest BCUT2D eigenvalue weighted by atomic mass is 19.4. The molecule has 3 rings (SSSR count). The summed E-state index contributed by atoms with van der Waals surface area (Å²) in [5, 5.41) is 0. The van der Waals surface area contributed by atoms with Crippen molar-refractivity contribution in [2.75, 3.05) is 6.54 Å². The molecule has 0 amide bonds. The van der Waals surface area contributed by atoms with Gasteiger partial charge in [0.25, 0.3) is 0 Å². The topological polar surface area (TPSA) is 29.3 Å². The van der Waals surface area contributed by atoms with Crippen LogP contribution in [0.2, 0.25) is 0 Å². The van der Waals surface area contributed by atoms with Gasteiger partial charge in [0, 0.05) is 31.2 Å². The van der Waals surface area contributed by atoms with Crippen molar-refractivity contribution in [3.63, 3.8) is 0 Å². The molecule has 2 aromatic rings. The maximum atomic E-state index is 13.8. The highest BCUT2D eigenvalue weighted by molar-refractivity contribution is 5.39. The molecule has 2 aromatic carbocycles. The van der Waals surface area contributed by atoms with Crippen molar-refractivity contribution in [2.45, 2.75) is 25.3 Å². The fraction of sp³-hybridized carbons (Fsp3) is 0.294. The normalized spacial score (nSPS) is 18.2. The Morgan fingerprint density at radius 3 is 2.52 bits per heavy atom. The van der Waals surface area contributed by atoms with Crippen LogP contribution in [0.1, 0.15) is 28.3 Å². The van der Waals surface area contributed by atoms with Crippen molar-refractivity contribution >= 4 is 0 Å². The highest BCUT2D eigenvalue weighted by Crippen LogP contribution is 2.38. The van der Waals surface area contributed by atoms with Crippen molar-refractivity contribution in [1.29, 1.82) is 0 Å². The Labute approximate surface area is 131 Å². The number of alkyl halides is 3. The lowest BCUT2D eigenvalue weighted by Crippen LogP contribution is -2.28. The first-order valence-corrected chi connectivity index (χ1v) is 7.27. The third-order valence-electron chi connectivity index (χ3n) is 4.20. The van der Waals surface area contributed by atoms with E-state index in [1.54, 1.807) is 18.2 Å². The van der Waals surface area contributed by atoms with Gasteiger partial charge < -0.3 is 5.73 Å². The lowest BCUT2D eigenvalue weighted by molar-refractivity contribution is -0.137. The van der Waals surface area contributed by atoms with Crippen LogP contribution in [0.25, 0.3) is 0 Å². The van der Waals surface area contributed by atoms with Crippen molar-refractivity contribution in [1.82, 2.24) is 4.90 Å². The Morgan fingerprint density at radius 2 is 1.87 bits per heavy atom. The van der Waals surface area contributed by atoms with Crippen LogP contribution in [0, 0.1) is 5.82 Å². The standard InChI is InChI=1S/C17H16F4N2/c18-15-4-2-1-3-12(15)10-23-9-11-5-6-13(17(19,20)21)7-14(11)16(23)8-22/h1-7,16H,8-10,22H2. The van der Waals surface area contributed by atoms with Gasteiger partial charge in [-0.2, -0.15) is 13.2 Å². The SMILES string of the molecule is NCC1c2cc(C(F)(F)F)ccc2CN1Cc1ccccc1F. The van der Waals surface area contributed by atoms with E-state index in [0.29, 0.717) is 24.2 Å². The first-order chi connectivity index (χ1) is 10.9. The molecule has 1 aliphatic heterocycles. The molecule has 1 unspecified atom stereocenters. The molecule has 6 heteroatoms. The molecule has 23 heavy (non-hydrogen) atoms. The zero-order chi connectivity index (χ0) is 16.6. The summed E-state index contributed by atoms with van der Waals surface area (Å²) in [7, 11) is 0. The van der Waals surface area contributed by atoms with Crippen molar-refractivity contribution in [2.24, 2.45) is 5.73 Å². The molecule has 0 bridgehead atoms. The summed E-state index contributed by atoms with van der Waals surface area (Å²) in [6.07, 6.45) is -4.38. The van der Waals surface area contributed by atoms with Gasteiger partial charge in [0.05, 0.1) is 5.56 Å². The van der Waals surface area contributed by atoms with Crippen LogP contribution >= 0.6 is 0 Å². The number of hydrogen-bond donors (Lipinski definition) is 1. The Balaban J connectivity index is 1.90. The first-order valence-electron chi connectivity index (χ1n) is 7.27. The van der Waals surface area contributed by atoms with Gasteiger partial charge in [-0.15, -0.1) is 0 Å². The zero-order valence-electron chi connectivity index (χ0n) is 12.3. The van der Waals surface area contributed by atoms with E-state index in [1.807, 2.05) is 4.90 Å². The van der Waals surface area contributed by atoms with Crippen LogP contribution in [-0.2, 0) is 19.3 Å². The summed E-state index contributed by atoms with van der Waals surface area (Å²) in [6, 6.07) is 9.78. The van der Waals surface area contributed by atoms with Gasteiger partial charge in [-0.1, -0.05) is 24.3 Å². The second-order valence-electron chi connectivity index (χ2n) is 5.66. The highest BCUT2D eigenvalue weighted by Gasteiger charge is 2.35. The average molecular weight is 324 g/mol. The molecule has 1 atom stereocenters. The van der Waals surface area contributed by atoms with Crippen LogP contribution in [0.15, 0.2) is 42.5 Å². The Hall–Kier alpha value is -1.92. The number of fused-ring (bicyclic) bond motifs is 1. The van der Waals surface area contributed by atoms with Gasteiger partial charge in [0.2, 0.25) is 0 Å². The van der Waals surface area contributed by atoms with Gasteiger partial charge >= 0.3 is 6.18 Å². The average Bonchev–Trinajstić information content (AvgIpc) is 2.85. The molecule has 0 saturated carbocycles. The molecular formula is C17H16F4N2. The minimum atomic E-state index is -4.38. The quantitative estimate of drug-likeness (QED) is 0.869. The number of hydrogen-bond acceptors (Lipinski definition) is 2. The lowest BCUT2D eigenvalue weighted by atomic mass is 10.0. The van der Waals surface area contributed by atoms with Gasteiger partial charge in [-0.05, 0) is 29.3 Å². The summed E-state index contributed by atoms with van der Waals surface area (Å²) in [6.45, 7) is 0.955. The van der Waals surface area contributed by atoms with E-state index in [4.69, 9.17) is 5.73 Å². The van der Waals surface area contributed by atoms with E-state index in [0.717, 1.165) is 17.7 Å². The minimum Gasteiger partial charge on any atom is -0.329 e. The van der Waals surface area contributed by atoms with Crippen molar-refractivity contribution < 1.29 is 17.6 Å². The predicted molar refractivity (Wildman–Crippen MR) is 78.9 cm³/mol. The molecule has 0 radical (unpaired) electrons. The summed E-state index contributed by atoms with van der Waals surface area (Å²) in [5.74, 6) is -0.324. The second-order valence-corrected chi connectivity index (χ2v) is 5.66. The maximum absolute atomic E-state index is 13.8. The molecular weight excluding hydrogens is 308 g/mol. The number of nitrogens with zero attached hydrogens (tertiary/aromatic N) is 1. The van der Waals surface area contributed by atoms with E-state index in [9.17, 15) is 17.6 Å². The summed E-state index contributed by atoms with van der Waals surface area (Å²) < 4.78 is 52.5. The smallest absolute Gasteiger partial charge is 0.329 e. The Morgan fingerprint density at radius 1 is 1.13 bits per heavy atom. The second kappa shape index (κ2) is 5.94. The van der Waals surface area contributed by atoms with Gasteiger partial charge in [0.1, 0.15) is 5.82 Å². The molecule has 122 valence electrons. The number of rotatable bonds is 3. The van der Waals surface area contributed by atoms with Crippen LogP contribution < -0.4 is 5.73 Å². The number of nitrogens with two attached hydrogens (primary N) is 1. The monoisotopic (exact) mass is 324 g/mol. The van der Waals surface area contributed by atoms with Gasteiger partial charge in [-0.25, -0.2) is 4.39 Å². The van der Waals surface area contributed by atoms with Crippen LogP contribution in [0.4, 0.5) is 17.6 Å². The van der Waals surface area contributed by atoms with E-state index < -0.39 is 11.7 Å². The molecule has 0 saturated heterocycles. The fourth-order valence-corrected chi connectivity index (χ4v) is 3.04. The first kappa shape index (κ1) is 16.0. The summed E-state index contributed by atoms with van der Waals surface area (Å²) >= 11 is 0. The Bertz CT molecular complexity index is 712. The van der Waals surface area contributed by atoms with E-state index in [1.165, 1.54) is 12.1 Å². The molecule has 2 N–H and O–H groups in total. The zero-order valence-corrected chi connectivity index (χ0v) is 12.3. The van der Waals surface area contributed by atoms with Crippen LogP contribution in [0.3, 0.4) is 0 Å². The van der Waals surface area contributed by atoms with Crippen LogP contribution in [0.5, 0.6) is 0 Å². The lowest BCUT2D eigenvalue weighted by Gasteiger charge is -2.24. The van der Waals surface area contributed by atoms with E-state index >= 15 is 0 Å². The number of halogens is 4. The predicted octanol–water partition coefficient (Wildman–Crippen LogP) is 3.86. The summed E-state index contributed by atoms with van der Waals surface area (Å²) in [4.78, 5) is 1.91. The van der Waals surface area contributed by atoms with Gasteiger partial charge in [-0.3, -0.25) is 4.90 Å². The van der Waals surface area contributed by atoms with Crippen molar-refractivity contribution in [3.05, 3.63) is 70.5 Å². The Kier molecular flexibility index (Phi) is 4.12.